The Balaban J connectivity index is 3.07. The van der Waals surface area contributed by atoms with Crippen LogP contribution in [0.15, 0.2) is 29.2 Å². The Morgan fingerprint density at radius 2 is 1.84 bits per heavy atom. The van der Waals surface area contributed by atoms with Gasteiger partial charge in [0, 0.05) is 0 Å². The highest BCUT2D eigenvalue weighted by molar-refractivity contribution is 7.89. The molecule has 1 unspecified atom stereocenters. The molecule has 7 heteroatoms. The van der Waals surface area contributed by atoms with E-state index in [0.717, 1.165) is 0 Å². The van der Waals surface area contributed by atoms with Gasteiger partial charge >= 0.3 is 0 Å². The van der Waals surface area contributed by atoms with Crippen molar-refractivity contribution in [2.45, 2.75) is 24.8 Å². The molecule has 0 heterocycles. The largest absolute Gasteiger partial charge is 0.324 e. The summed E-state index contributed by atoms with van der Waals surface area (Å²) in [6.07, 6.45) is 0. The lowest BCUT2D eigenvalue weighted by Crippen LogP contribution is -2.40. The van der Waals surface area contributed by atoms with Gasteiger partial charge in [0.05, 0.1) is 11.7 Å². The first-order chi connectivity index (χ1) is 8.79. The van der Waals surface area contributed by atoms with E-state index in [2.05, 4.69) is 10.0 Å². The monoisotopic (exact) mass is 285 g/mol. The molecule has 0 bridgehead atoms. The van der Waals surface area contributed by atoms with Crippen molar-refractivity contribution < 1.29 is 13.2 Å². The summed E-state index contributed by atoms with van der Waals surface area (Å²) in [6, 6.07) is 5.48. The zero-order chi connectivity index (χ0) is 14.6. The van der Waals surface area contributed by atoms with Gasteiger partial charge in [0.15, 0.2) is 0 Å². The summed E-state index contributed by atoms with van der Waals surface area (Å²) < 4.78 is 25.8. The van der Waals surface area contributed by atoms with Gasteiger partial charge in [0.1, 0.15) is 4.90 Å². The summed E-state index contributed by atoms with van der Waals surface area (Å²) in [4.78, 5) is 11.9. The van der Waals surface area contributed by atoms with Crippen molar-refractivity contribution in [2.75, 3.05) is 12.4 Å². The van der Waals surface area contributed by atoms with Crippen LogP contribution >= 0.6 is 0 Å². The Bertz CT molecular complexity index is 555. The molecular weight excluding hydrogens is 266 g/mol. The van der Waals surface area contributed by atoms with Gasteiger partial charge in [-0.3, -0.25) is 4.79 Å². The lowest BCUT2D eigenvalue weighted by Gasteiger charge is -2.17. The van der Waals surface area contributed by atoms with Crippen molar-refractivity contribution in [1.29, 1.82) is 0 Å². The number of hydrogen-bond acceptors (Lipinski definition) is 4. The van der Waals surface area contributed by atoms with E-state index in [-0.39, 0.29) is 16.5 Å². The highest BCUT2D eigenvalue weighted by atomic mass is 32.2. The van der Waals surface area contributed by atoms with Crippen molar-refractivity contribution in [3.05, 3.63) is 24.3 Å². The summed E-state index contributed by atoms with van der Waals surface area (Å²) >= 11 is 0. The molecule has 0 radical (unpaired) electrons. The van der Waals surface area contributed by atoms with E-state index in [1.807, 2.05) is 13.8 Å². The summed E-state index contributed by atoms with van der Waals surface area (Å²) in [5.74, 6) is -0.443. The minimum absolute atomic E-state index is 0.0156. The van der Waals surface area contributed by atoms with Gasteiger partial charge in [-0.25, -0.2) is 13.1 Å². The number of rotatable bonds is 5. The number of anilines is 1. The van der Waals surface area contributed by atoms with Crippen LogP contribution in [0.4, 0.5) is 5.69 Å². The van der Waals surface area contributed by atoms with Crippen LogP contribution in [0.25, 0.3) is 0 Å². The minimum Gasteiger partial charge on any atom is -0.324 e. The van der Waals surface area contributed by atoms with Crippen molar-refractivity contribution in [1.82, 2.24) is 4.72 Å². The fraction of sp³-hybridized carbons (Fsp3) is 0.417. The van der Waals surface area contributed by atoms with Crippen LogP contribution in [-0.4, -0.2) is 27.4 Å². The van der Waals surface area contributed by atoms with Gasteiger partial charge in [0.25, 0.3) is 0 Å². The molecule has 106 valence electrons. The van der Waals surface area contributed by atoms with Crippen molar-refractivity contribution in [2.24, 2.45) is 11.7 Å². The highest BCUT2D eigenvalue weighted by Crippen LogP contribution is 2.20. The molecule has 19 heavy (non-hydrogen) atoms. The Kier molecular flexibility index (Phi) is 5.04. The number of para-hydroxylation sites is 1. The Morgan fingerprint density at radius 3 is 2.37 bits per heavy atom. The molecule has 0 aliphatic rings. The zero-order valence-electron chi connectivity index (χ0n) is 11.2. The lowest BCUT2D eigenvalue weighted by atomic mass is 10.1. The Morgan fingerprint density at radius 1 is 1.26 bits per heavy atom. The molecule has 0 aliphatic carbocycles. The summed E-state index contributed by atoms with van der Waals surface area (Å²) in [5.41, 5.74) is 5.94. The average molecular weight is 285 g/mol. The number of carbonyl (C=O) groups excluding carboxylic acids is 1. The predicted molar refractivity (Wildman–Crippen MR) is 74.1 cm³/mol. The first kappa shape index (κ1) is 15.6. The standard InChI is InChI=1S/C12H19N3O3S/c1-8(2)11(13)12(16)15-9-6-4-5-7-10(9)19(17,18)14-3/h4-8,11,14H,13H2,1-3H3,(H,15,16). The molecular formula is C12H19N3O3S. The third-order valence-electron chi connectivity index (χ3n) is 2.72. The van der Waals surface area contributed by atoms with E-state index >= 15 is 0 Å². The number of nitrogens with two attached hydrogens (primary N) is 1. The van der Waals surface area contributed by atoms with Gasteiger partial charge in [-0.2, -0.15) is 0 Å². The van der Waals surface area contributed by atoms with Crippen LogP contribution in [-0.2, 0) is 14.8 Å². The molecule has 1 aromatic rings. The maximum atomic E-state index is 11.9. The van der Waals surface area contributed by atoms with Crippen molar-refractivity contribution in [3.63, 3.8) is 0 Å². The highest BCUT2D eigenvalue weighted by Gasteiger charge is 2.21. The van der Waals surface area contributed by atoms with Crippen LogP contribution < -0.4 is 15.8 Å². The number of hydrogen-bond donors (Lipinski definition) is 3. The van der Waals surface area contributed by atoms with E-state index in [1.54, 1.807) is 12.1 Å². The third-order valence-corrected chi connectivity index (χ3v) is 4.20. The van der Waals surface area contributed by atoms with Crippen molar-refractivity contribution >= 4 is 21.6 Å². The van der Waals surface area contributed by atoms with Crippen molar-refractivity contribution in [3.8, 4) is 0 Å². The van der Waals surface area contributed by atoms with E-state index in [0.29, 0.717) is 0 Å². The quantitative estimate of drug-likeness (QED) is 0.734. The maximum Gasteiger partial charge on any atom is 0.242 e. The molecule has 0 saturated carbocycles. The van der Waals surface area contributed by atoms with E-state index < -0.39 is 22.0 Å². The van der Waals surface area contributed by atoms with E-state index in [9.17, 15) is 13.2 Å². The number of sulfonamides is 1. The molecule has 1 rings (SSSR count). The van der Waals surface area contributed by atoms with E-state index in [4.69, 9.17) is 5.73 Å². The Hall–Kier alpha value is -1.44. The van der Waals surface area contributed by atoms with Gasteiger partial charge in [-0.05, 0) is 25.1 Å². The van der Waals surface area contributed by atoms with Gasteiger partial charge in [0.2, 0.25) is 15.9 Å². The first-order valence-electron chi connectivity index (χ1n) is 5.88. The molecule has 0 aliphatic heterocycles. The molecule has 6 nitrogen and oxygen atoms in total. The van der Waals surface area contributed by atoms with Crippen LogP contribution in [0.1, 0.15) is 13.8 Å². The molecule has 0 spiro atoms. The normalized spacial score (nSPS) is 13.3. The smallest absolute Gasteiger partial charge is 0.242 e. The number of nitrogens with one attached hydrogen (secondary N) is 2. The van der Waals surface area contributed by atoms with Gasteiger partial charge in [-0.15, -0.1) is 0 Å². The second-order valence-electron chi connectivity index (χ2n) is 4.46. The third kappa shape index (κ3) is 3.76. The first-order valence-corrected chi connectivity index (χ1v) is 7.37. The lowest BCUT2D eigenvalue weighted by molar-refractivity contribution is -0.118. The molecule has 1 amide bonds. The Labute approximate surface area is 113 Å². The molecule has 1 aromatic carbocycles. The summed E-state index contributed by atoms with van der Waals surface area (Å²) in [6.45, 7) is 3.64. The topological polar surface area (TPSA) is 101 Å². The summed E-state index contributed by atoms with van der Waals surface area (Å²) in [7, 11) is -2.31. The minimum atomic E-state index is -3.63. The zero-order valence-corrected chi connectivity index (χ0v) is 12.0. The molecule has 0 saturated heterocycles. The van der Waals surface area contributed by atoms with Gasteiger partial charge in [-0.1, -0.05) is 26.0 Å². The molecule has 0 fully saturated rings. The second-order valence-corrected chi connectivity index (χ2v) is 6.32. The second kappa shape index (κ2) is 6.14. The molecule has 4 N–H and O–H groups in total. The SMILES string of the molecule is CNS(=O)(=O)c1ccccc1NC(=O)C(N)C(C)C. The fourth-order valence-corrected chi connectivity index (χ4v) is 2.32. The van der Waals surface area contributed by atoms with Crippen LogP contribution in [0.3, 0.4) is 0 Å². The van der Waals surface area contributed by atoms with E-state index in [1.165, 1.54) is 19.2 Å². The molecule has 0 aromatic heterocycles. The molecule has 1 atom stereocenters. The van der Waals surface area contributed by atoms with Crippen LogP contribution in [0.5, 0.6) is 0 Å². The fourth-order valence-electron chi connectivity index (χ4n) is 1.43. The van der Waals surface area contributed by atoms with Crippen LogP contribution in [0, 0.1) is 5.92 Å². The average Bonchev–Trinajstić information content (AvgIpc) is 2.38. The number of benzene rings is 1. The maximum absolute atomic E-state index is 11.9. The number of amides is 1. The number of carbonyl (C=O) groups is 1. The van der Waals surface area contributed by atoms with Gasteiger partial charge < -0.3 is 11.1 Å². The predicted octanol–water partition coefficient (Wildman–Crippen LogP) is 0.516. The summed E-state index contributed by atoms with van der Waals surface area (Å²) in [5, 5.41) is 2.55. The van der Waals surface area contributed by atoms with Crippen LogP contribution in [0.2, 0.25) is 0 Å².